The number of aliphatic hydroxyl groups is 1. The summed E-state index contributed by atoms with van der Waals surface area (Å²) in [5.74, 6) is -1.68. The Bertz CT molecular complexity index is 388. The van der Waals surface area contributed by atoms with Crippen molar-refractivity contribution in [3.8, 4) is 0 Å². The van der Waals surface area contributed by atoms with Crippen LogP contribution in [0.3, 0.4) is 0 Å². The molecule has 5 atom stereocenters. The standard InChI is InChI=1S/C15H22O6/c16-6-3-4-10-11(8-14(18)19)12(17)9-13(10)21-15-5-1-2-7-20-15/h3-4,6,10-13,15,17H,1-2,5,7-9H2,(H,18,19). The van der Waals surface area contributed by atoms with Gasteiger partial charge in [-0.2, -0.15) is 0 Å². The highest BCUT2D eigenvalue weighted by Crippen LogP contribution is 2.39. The highest BCUT2D eigenvalue weighted by atomic mass is 16.7. The largest absolute Gasteiger partial charge is 0.481 e. The number of carboxylic acids is 1. The number of carboxylic acid groups (broad SMARTS) is 1. The predicted molar refractivity (Wildman–Crippen MR) is 73.5 cm³/mol. The van der Waals surface area contributed by atoms with Gasteiger partial charge in [0.15, 0.2) is 6.29 Å². The predicted octanol–water partition coefficient (Wildman–Crippen LogP) is 1.12. The molecule has 0 spiro atoms. The molecule has 1 saturated heterocycles. The Morgan fingerprint density at radius 1 is 1.38 bits per heavy atom. The first-order valence-electron chi connectivity index (χ1n) is 7.40. The van der Waals surface area contributed by atoms with E-state index in [1.54, 1.807) is 6.08 Å². The van der Waals surface area contributed by atoms with E-state index >= 15 is 0 Å². The molecule has 5 unspecified atom stereocenters. The maximum absolute atomic E-state index is 10.9. The third-order valence-electron chi connectivity index (χ3n) is 4.18. The summed E-state index contributed by atoms with van der Waals surface area (Å²) in [6.45, 7) is 0.660. The number of rotatable bonds is 6. The van der Waals surface area contributed by atoms with Gasteiger partial charge in [0.05, 0.1) is 18.6 Å². The molecule has 0 aromatic heterocycles. The first-order chi connectivity index (χ1) is 10.1. The van der Waals surface area contributed by atoms with Crippen LogP contribution in [0.1, 0.15) is 32.1 Å². The molecule has 0 amide bonds. The fourth-order valence-electron chi connectivity index (χ4n) is 3.18. The molecule has 2 aliphatic rings. The zero-order valence-electron chi connectivity index (χ0n) is 11.9. The fraction of sp³-hybridized carbons (Fsp3) is 0.733. The van der Waals surface area contributed by atoms with Crippen molar-refractivity contribution < 1.29 is 29.3 Å². The maximum Gasteiger partial charge on any atom is 0.303 e. The molecule has 0 aromatic rings. The van der Waals surface area contributed by atoms with E-state index < -0.39 is 18.0 Å². The fourth-order valence-corrected chi connectivity index (χ4v) is 3.18. The Morgan fingerprint density at radius 3 is 2.81 bits per heavy atom. The van der Waals surface area contributed by atoms with Gasteiger partial charge in [0, 0.05) is 24.9 Å². The van der Waals surface area contributed by atoms with Gasteiger partial charge in [-0.15, -0.1) is 0 Å². The smallest absolute Gasteiger partial charge is 0.303 e. The lowest BCUT2D eigenvalue weighted by atomic mass is 9.90. The molecule has 6 heteroatoms. The number of aliphatic carboxylic acids is 1. The van der Waals surface area contributed by atoms with Gasteiger partial charge in [-0.3, -0.25) is 9.59 Å². The summed E-state index contributed by atoms with van der Waals surface area (Å²) < 4.78 is 11.4. The van der Waals surface area contributed by atoms with E-state index in [1.165, 1.54) is 6.08 Å². The zero-order valence-corrected chi connectivity index (χ0v) is 11.9. The Hall–Kier alpha value is -1.24. The van der Waals surface area contributed by atoms with E-state index in [-0.39, 0.29) is 24.7 Å². The van der Waals surface area contributed by atoms with Crippen LogP contribution in [0.15, 0.2) is 12.2 Å². The van der Waals surface area contributed by atoms with Crippen molar-refractivity contribution in [1.82, 2.24) is 0 Å². The second kappa shape index (κ2) is 7.68. The van der Waals surface area contributed by atoms with Crippen LogP contribution in [0.2, 0.25) is 0 Å². The molecule has 1 aliphatic heterocycles. The summed E-state index contributed by atoms with van der Waals surface area (Å²) in [7, 11) is 0. The SMILES string of the molecule is O=CC=CC1C(OC2CCCCO2)CC(O)C1CC(=O)O. The number of hydrogen-bond donors (Lipinski definition) is 2. The lowest BCUT2D eigenvalue weighted by molar-refractivity contribution is -0.193. The highest BCUT2D eigenvalue weighted by Gasteiger charge is 2.43. The van der Waals surface area contributed by atoms with Crippen LogP contribution in [-0.4, -0.2) is 47.6 Å². The van der Waals surface area contributed by atoms with Gasteiger partial charge in [-0.1, -0.05) is 6.08 Å². The van der Waals surface area contributed by atoms with Crippen LogP contribution in [0, 0.1) is 11.8 Å². The van der Waals surface area contributed by atoms with E-state index in [2.05, 4.69) is 0 Å². The van der Waals surface area contributed by atoms with Crippen LogP contribution in [-0.2, 0) is 19.1 Å². The number of aliphatic hydroxyl groups excluding tert-OH is 1. The van der Waals surface area contributed by atoms with Gasteiger partial charge in [0.2, 0.25) is 0 Å². The maximum atomic E-state index is 10.9. The lowest BCUT2D eigenvalue weighted by Gasteiger charge is -2.28. The minimum atomic E-state index is -0.960. The monoisotopic (exact) mass is 298 g/mol. The molecule has 2 N–H and O–H groups in total. The molecule has 0 radical (unpaired) electrons. The zero-order chi connectivity index (χ0) is 15.2. The molecule has 1 aliphatic carbocycles. The third-order valence-corrected chi connectivity index (χ3v) is 4.18. The molecule has 118 valence electrons. The molecule has 1 saturated carbocycles. The van der Waals surface area contributed by atoms with Gasteiger partial charge in [-0.05, 0) is 25.3 Å². The van der Waals surface area contributed by atoms with E-state index in [0.717, 1.165) is 19.3 Å². The molecule has 0 aromatic carbocycles. The Kier molecular flexibility index (Phi) is 5.90. The molecule has 0 bridgehead atoms. The van der Waals surface area contributed by atoms with Crippen molar-refractivity contribution in [2.24, 2.45) is 11.8 Å². The van der Waals surface area contributed by atoms with Gasteiger partial charge in [-0.25, -0.2) is 0 Å². The highest BCUT2D eigenvalue weighted by molar-refractivity contribution is 5.67. The molecule has 21 heavy (non-hydrogen) atoms. The van der Waals surface area contributed by atoms with Crippen LogP contribution in [0.5, 0.6) is 0 Å². The van der Waals surface area contributed by atoms with Gasteiger partial charge in [0.25, 0.3) is 0 Å². The van der Waals surface area contributed by atoms with Crippen LogP contribution in [0.25, 0.3) is 0 Å². The van der Waals surface area contributed by atoms with Crippen LogP contribution in [0.4, 0.5) is 0 Å². The first kappa shape index (κ1) is 16.1. The number of carbonyl (C=O) groups excluding carboxylic acids is 1. The van der Waals surface area contributed by atoms with Gasteiger partial charge < -0.3 is 19.7 Å². The lowest BCUT2D eigenvalue weighted by Crippen LogP contribution is -2.31. The molecule has 6 nitrogen and oxygen atoms in total. The van der Waals surface area contributed by atoms with Crippen LogP contribution >= 0.6 is 0 Å². The summed E-state index contributed by atoms with van der Waals surface area (Å²) in [6.07, 6.45) is 5.37. The van der Waals surface area contributed by atoms with E-state index in [0.29, 0.717) is 19.3 Å². The van der Waals surface area contributed by atoms with Crippen molar-refractivity contribution in [2.45, 2.75) is 50.6 Å². The number of aldehydes is 1. The molecule has 1 heterocycles. The van der Waals surface area contributed by atoms with E-state index in [9.17, 15) is 14.7 Å². The van der Waals surface area contributed by atoms with Crippen LogP contribution < -0.4 is 0 Å². The first-order valence-corrected chi connectivity index (χ1v) is 7.40. The summed E-state index contributed by atoms with van der Waals surface area (Å²) in [5.41, 5.74) is 0. The summed E-state index contributed by atoms with van der Waals surface area (Å²) >= 11 is 0. The Morgan fingerprint density at radius 2 is 2.19 bits per heavy atom. The second-order valence-corrected chi connectivity index (χ2v) is 5.63. The Balaban J connectivity index is 2.04. The number of hydrogen-bond acceptors (Lipinski definition) is 5. The van der Waals surface area contributed by atoms with E-state index in [4.69, 9.17) is 14.6 Å². The molecular formula is C15H22O6. The normalized spacial score (nSPS) is 36.9. The van der Waals surface area contributed by atoms with Crippen molar-refractivity contribution in [3.05, 3.63) is 12.2 Å². The number of allylic oxidation sites excluding steroid dienone is 1. The average molecular weight is 298 g/mol. The van der Waals surface area contributed by atoms with Crippen molar-refractivity contribution in [2.75, 3.05) is 6.61 Å². The number of carbonyl (C=O) groups is 2. The molecule has 2 fully saturated rings. The van der Waals surface area contributed by atoms with Gasteiger partial charge >= 0.3 is 5.97 Å². The van der Waals surface area contributed by atoms with Gasteiger partial charge in [0.1, 0.15) is 6.29 Å². The average Bonchev–Trinajstić information content (AvgIpc) is 2.73. The van der Waals surface area contributed by atoms with Crippen molar-refractivity contribution in [1.29, 1.82) is 0 Å². The third kappa shape index (κ3) is 4.36. The topological polar surface area (TPSA) is 93.1 Å². The van der Waals surface area contributed by atoms with Crippen molar-refractivity contribution in [3.63, 3.8) is 0 Å². The Labute approximate surface area is 123 Å². The molecular weight excluding hydrogens is 276 g/mol. The van der Waals surface area contributed by atoms with E-state index in [1.807, 2.05) is 0 Å². The summed E-state index contributed by atoms with van der Waals surface area (Å²) in [5, 5.41) is 19.1. The minimum Gasteiger partial charge on any atom is -0.481 e. The number of ether oxygens (including phenoxy) is 2. The van der Waals surface area contributed by atoms with Crippen molar-refractivity contribution >= 4 is 12.3 Å². The quantitative estimate of drug-likeness (QED) is 0.564. The minimum absolute atomic E-state index is 0.138. The molecule has 2 rings (SSSR count). The summed E-state index contributed by atoms with van der Waals surface area (Å²) in [6, 6.07) is 0. The summed E-state index contributed by atoms with van der Waals surface area (Å²) in [4.78, 5) is 21.5. The second-order valence-electron chi connectivity index (χ2n) is 5.63.